The van der Waals surface area contributed by atoms with Crippen LogP contribution in [0, 0.1) is 11.3 Å². The topological polar surface area (TPSA) is 106 Å². The van der Waals surface area contributed by atoms with E-state index in [9.17, 15) is 0 Å². The highest BCUT2D eigenvalue weighted by Crippen LogP contribution is 2.36. The summed E-state index contributed by atoms with van der Waals surface area (Å²) in [5, 5.41) is 8.92. The van der Waals surface area contributed by atoms with Crippen molar-refractivity contribution in [1.29, 1.82) is 5.26 Å². The summed E-state index contributed by atoms with van der Waals surface area (Å²) < 4.78 is 10.7. The molecule has 0 unspecified atom stereocenters. The molecule has 6 heteroatoms. The highest BCUT2D eigenvalue weighted by atomic mass is 16.7. The van der Waals surface area contributed by atoms with Crippen LogP contribution < -0.4 is 26.5 Å². The Labute approximate surface area is 127 Å². The van der Waals surface area contributed by atoms with Crippen LogP contribution in [-0.4, -0.2) is 6.79 Å². The average Bonchev–Trinajstić information content (AvgIpc) is 3.03. The van der Waals surface area contributed by atoms with Crippen molar-refractivity contribution in [2.75, 3.05) is 6.79 Å². The lowest BCUT2D eigenvalue weighted by Crippen LogP contribution is -2.23. The third-order valence-corrected chi connectivity index (χ3v) is 3.43. The number of hydrogen-bond donors (Lipinski definition) is 3. The molecule has 0 radical (unpaired) electrons. The fourth-order valence-electron chi connectivity index (χ4n) is 2.23. The normalized spacial score (nSPS) is 13.3. The molecule has 0 spiro atoms. The number of nitriles is 1. The number of benzene rings is 2. The lowest BCUT2D eigenvalue weighted by atomic mass is 10.0. The number of fused-ring (bicyclic) bond motifs is 1. The van der Waals surface area contributed by atoms with Crippen molar-refractivity contribution in [3.05, 3.63) is 53.7 Å². The van der Waals surface area contributed by atoms with Crippen molar-refractivity contribution in [2.45, 2.75) is 0 Å². The second-order valence-corrected chi connectivity index (χ2v) is 4.69. The predicted molar refractivity (Wildman–Crippen MR) is 82.0 cm³/mol. The number of allylic oxidation sites excluding steroid dienone is 1. The smallest absolute Gasteiger partial charge is 0.231 e. The molecule has 2 aromatic rings. The number of hydrazine groups is 1. The molecule has 1 heterocycles. The minimum Gasteiger partial charge on any atom is -0.454 e. The second kappa shape index (κ2) is 5.68. The SMILES string of the molecule is N#C/C(NN)=C(/N)c1ccc(-c2ccc3c(c2)OCO3)cc1. The first-order valence-electron chi connectivity index (χ1n) is 6.60. The lowest BCUT2D eigenvalue weighted by molar-refractivity contribution is 0.174. The summed E-state index contributed by atoms with van der Waals surface area (Å²) in [6.45, 7) is 0.252. The molecule has 0 saturated heterocycles. The Morgan fingerprint density at radius 1 is 1.05 bits per heavy atom. The highest BCUT2D eigenvalue weighted by molar-refractivity contribution is 5.73. The fourth-order valence-corrected chi connectivity index (χ4v) is 2.23. The van der Waals surface area contributed by atoms with Crippen LogP contribution in [-0.2, 0) is 0 Å². The van der Waals surface area contributed by atoms with Crippen molar-refractivity contribution >= 4 is 5.70 Å². The number of ether oxygens (including phenoxy) is 2. The number of hydrogen-bond acceptors (Lipinski definition) is 6. The van der Waals surface area contributed by atoms with E-state index in [0.717, 1.165) is 28.2 Å². The zero-order valence-corrected chi connectivity index (χ0v) is 11.7. The van der Waals surface area contributed by atoms with Crippen molar-refractivity contribution in [1.82, 2.24) is 5.43 Å². The summed E-state index contributed by atoms with van der Waals surface area (Å²) in [5.41, 5.74) is 11.4. The van der Waals surface area contributed by atoms with Crippen LogP contribution in [0.15, 0.2) is 48.2 Å². The number of nitrogens with two attached hydrogens (primary N) is 2. The Morgan fingerprint density at radius 3 is 2.41 bits per heavy atom. The third kappa shape index (κ3) is 2.41. The molecule has 1 aliphatic heterocycles. The van der Waals surface area contributed by atoms with E-state index in [1.165, 1.54) is 0 Å². The quantitative estimate of drug-likeness (QED) is 0.452. The van der Waals surface area contributed by atoms with Gasteiger partial charge in [0.15, 0.2) is 17.2 Å². The van der Waals surface area contributed by atoms with Crippen molar-refractivity contribution in [3.8, 4) is 28.7 Å². The van der Waals surface area contributed by atoms with Gasteiger partial charge in [0, 0.05) is 5.56 Å². The predicted octanol–water partition coefficient (Wildman–Crippen LogP) is 1.70. The summed E-state index contributed by atoms with van der Waals surface area (Å²) in [6, 6.07) is 15.2. The molecule has 1 aliphatic rings. The zero-order chi connectivity index (χ0) is 15.5. The average molecular weight is 294 g/mol. The van der Waals surface area contributed by atoms with E-state index < -0.39 is 0 Å². The van der Waals surface area contributed by atoms with Gasteiger partial charge in [0.2, 0.25) is 6.79 Å². The van der Waals surface area contributed by atoms with Crippen molar-refractivity contribution < 1.29 is 9.47 Å². The van der Waals surface area contributed by atoms with Crippen LogP contribution in [0.25, 0.3) is 16.8 Å². The fraction of sp³-hybridized carbons (Fsp3) is 0.0625. The first-order chi connectivity index (χ1) is 10.7. The maximum atomic E-state index is 8.92. The third-order valence-electron chi connectivity index (χ3n) is 3.43. The first-order valence-corrected chi connectivity index (χ1v) is 6.60. The van der Waals surface area contributed by atoms with Gasteiger partial charge in [0.1, 0.15) is 6.07 Å². The van der Waals surface area contributed by atoms with Gasteiger partial charge < -0.3 is 20.6 Å². The molecular formula is C16H14N4O2. The van der Waals surface area contributed by atoms with Gasteiger partial charge in [-0.2, -0.15) is 5.26 Å². The molecule has 0 fully saturated rings. The molecule has 0 bridgehead atoms. The molecule has 0 atom stereocenters. The van der Waals surface area contributed by atoms with Crippen molar-refractivity contribution in [2.24, 2.45) is 11.6 Å². The van der Waals surface area contributed by atoms with Crippen LogP contribution in [0.2, 0.25) is 0 Å². The zero-order valence-electron chi connectivity index (χ0n) is 11.7. The van der Waals surface area contributed by atoms with Gasteiger partial charge >= 0.3 is 0 Å². The monoisotopic (exact) mass is 294 g/mol. The highest BCUT2D eigenvalue weighted by Gasteiger charge is 2.14. The molecular weight excluding hydrogens is 280 g/mol. The minimum atomic E-state index is 0.135. The summed E-state index contributed by atoms with van der Waals surface area (Å²) >= 11 is 0. The Balaban J connectivity index is 1.92. The van der Waals surface area contributed by atoms with E-state index in [2.05, 4.69) is 5.43 Å². The molecule has 22 heavy (non-hydrogen) atoms. The van der Waals surface area contributed by atoms with Crippen LogP contribution in [0.5, 0.6) is 11.5 Å². The van der Waals surface area contributed by atoms with Crippen molar-refractivity contribution in [3.63, 3.8) is 0 Å². The Bertz CT molecular complexity index is 776. The number of nitrogens with one attached hydrogen (secondary N) is 1. The van der Waals surface area contributed by atoms with Gasteiger partial charge in [0.05, 0.1) is 5.70 Å². The van der Waals surface area contributed by atoms with E-state index in [1.54, 1.807) is 0 Å². The molecule has 5 N–H and O–H groups in total. The number of nitrogens with zero attached hydrogens (tertiary/aromatic N) is 1. The summed E-state index contributed by atoms with van der Waals surface area (Å²) in [4.78, 5) is 0. The van der Waals surface area contributed by atoms with Gasteiger partial charge in [-0.1, -0.05) is 30.3 Å². The second-order valence-electron chi connectivity index (χ2n) is 4.69. The summed E-state index contributed by atoms with van der Waals surface area (Å²) in [5.74, 6) is 6.74. The van der Waals surface area contributed by atoms with E-state index >= 15 is 0 Å². The van der Waals surface area contributed by atoms with Gasteiger partial charge in [-0.15, -0.1) is 0 Å². The summed E-state index contributed by atoms with van der Waals surface area (Å²) in [7, 11) is 0. The molecule has 0 saturated carbocycles. The Kier molecular flexibility index (Phi) is 3.56. The summed E-state index contributed by atoms with van der Waals surface area (Å²) in [6.07, 6.45) is 0. The Morgan fingerprint density at radius 2 is 1.73 bits per heavy atom. The molecule has 3 rings (SSSR count). The minimum absolute atomic E-state index is 0.135. The lowest BCUT2D eigenvalue weighted by Gasteiger charge is -2.07. The standard InChI is InChI=1S/C16H14N4O2/c17-8-13(20-19)16(18)11-3-1-10(2-4-11)12-5-6-14-15(7-12)22-9-21-14/h1-7,20H,9,18-19H2/b16-13-. The largest absolute Gasteiger partial charge is 0.454 e. The van der Waals surface area contributed by atoms with E-state index in [4.69, 9.17) is 26.3 Å². The van der Waals surface area contributed by atoms with E-state index in [-0.39, 0.29) is 12.5 Å². The van der Waals surface area contributed by atoms with Crippen LogP contribution in [0.1, 0.15) is 5.56 Å². The molecule has 110 valence electrons. The van der Waals surface area contributed by atoms with E-state index in [0.29, 0.717) is 5.70 Å². The molecule has 0 aliphatic carbocycles. The van der Waals surface area contributed by atoms with Crippen LogP contribution >= 0.6 is 0 Å². The first kappa shape index (κ1) is 13.8. The van der Waals surface area contributed by atoms with Gasteiger partial charge in [-0.05, 0) is 23.3 Å². The maximum Gasteiger partial charge on any atom is 0.231 e. The van der Waals surface area contributed by atoms with Gasteiger partial charge in [0.25, 0.3) is 0 Å². The molecule has 2 aromatic carbocycles. The van der Waals surface area contributed by atoms with Crippen LogP contribution in [0.4, 0.5) is 0 Å². The molecule has 0 amide bonds. The van der Waals surface area contributed by atoms with E-state index in [1.807, 2.05) is 48.5 Å². The number of rotatable bonds is 3. The van der Waals surface area contributed by atoms with Gasteiger partial charge in [-0.25, -0.2) is 5.84 Å². The van der Waals surface area contributed by atoms with Crippen LogP contribution in [0.3, 0.4) is 0 Å². The molecule has 6 nitrogen and oxygen atoms in total. The molecule has 0 aromatic heterocycles. The Hall–Kier alpha value is -3.17. The maximum absolute atomic E-state index is 8.92. The van der Waals surface area contributed by atoms with Gasteiger partial charge in [-0.3, -0.25) is 0 Å².